The van der Waals surface area contributed by atoms with Gasteiger partial charge in [-0.25, -0.2) is 9.78 Å². The minimum atomic E-state index is -0.896. The first-order valence-electron chi connectivity index (χ1n) is 4.45. The number of aryl methyl sites for hydroxylation is 1. The van der Waals surface area contributed by atoms with Crippen molar-refractivity contribution in [2.45, 2.75) is 13.3 Å². The average Bonchev–Trinajstić information content (AvgIpc) is 2.16. The summed E-state index contributed by atoms with van der Waals surface area (Å²) in [6.45, 7) is 1.92. The van der Waals surface area contributed by atoms with Crippen LogP contribution in [0.3, 0.4) is 0 Å². The number of carboxylic acid groups (broad SMARTS) is 1. The van der Waals surface area contributed by atoms with E-state index >= 15 is 0 Å². The number of hydrogen-bond acceptors (Lipinski definition) is 3. The Morgan fingerprint density at radius 3 is 2.64 bits per heavy atom. The van der Waals surface area contributed by atoms with Gasteiger partial charge in [-0.15, -0.1) is 0 Å². The largest absolute Gasteiger partial charge is 0.478 e. The Kier molecular flexibility index (Phi) is 3.06. The van der Waals surface area contributed by atoms with E-state index in [-0.39, 0.29) is 0 Å². The van der Waals surface area contributed by atoms with Gasteiger partial charge in [-0.1, -0.05) is 6.92 Å². The lowest BCUT2D eigenvalue weighted by atomic mass is 10.1. The standard InChI is InChI=1S/C10H14N2O2/c1-4-7-6-11-9(12(2)3)5-8(7)10(13)14/h5-6H,4H2,1-3H3,(H,13,14). The third-order valence-electron chi connectivity index (χ3n) is 2.04. The molecule has 0 amide bonds. The van der Waals surface area contributed by atoms with Crippen molar-refractivity contribution < 1.29 is 9.90 Å². The average molecular weight is 194 g/mol. The molecule has 0 aromatic carbocycles. The normalized spacial score (nSPS) is 9.93. The first kappa shape index (κ1) is 10.5. The Morgan fingerprint density at radius 2 is 2.21 bits per heavy atom. The van der Waals surface area contributed by atoms with Gasteiger partial charge in [0.2, 0.25) is 0 Å². The van der Waals surface area contributed by atoms with Gasteiger partial charge in [0.25, 0.3) is 0 Å². The summed E-state index contributed by atoms with van der Waals surface area (Å²) >= 11 is 0. The van der Waals surface area contributed by atoms with Crippen LogP contribution in [-0.4, -0.2) is 30.2 Å². The number of hydrogen-bond donors (Lipinski definition) is 1. The van der Waals surface area contributed by atoms with Crippen LogP contribution in [0.25, 0.3) is 0 Å². The second-order valence-corrected chi connectivity index (χ2v) is 3.25. The molecular formula is C10H14N2O2. The lowest BCUT2D eigenvalue weighted by Gasteiger charge is -2.12. The zero-order chi connectivity index (χ0) is 10.7. The number of pyridine rings is 1. The van der Waals surface area contributed by atoms with Gasteiger partial charge in [0.05, 0.1) is 5.56 Å². The number of rotatable bonds is 3. The van der Waals surface area contributed by atoms with Crippen LogP contribution in [0, 0.1) is 0 Å². The molecule has 0 spiro atoms. The number of nitrogens with zero attached hydrogens (tertiary/aromatic N) is 2. The van der Waals surface area contributed by atoms with Gasteiger partial charge < -0.3 is 10.0 Å². The van der Waals surface area contributed by atoms with Gasteiger partial charge in [-0.2, -0.15) is 0 Å². The van der Waals surface area contributed by atoms with Crippen molar-refractivity contribution in [3.05, 3.63) is 23.4 Å². The van der Waals surface area contributed by atoms with E-state index in [1.165, 1.54) is 0 Å². The molecule has 0 aliphatic rings. The molecule has 14 heavy (non-hydrogen) atoms. The summed E-state index contributed by atoms with van der Waals surface area (Å²) in [5, 5.41) is 8.96. The Balaban J connectivity index is 3.21. The van der Waals surface area contributed by atoms with E-state index in [9.17, 15) is 4.79 Å². The highest BCUT2D eigenvalue weighted by molar-refractivity contribution is 5.90. The van der Waals surface area contributed by atoms with Crippen molar-refractivity contribution in [2.75, 3.05) is 19.0 Å². The topological polar surface area (TPSA) is 53.4 Å². The lowest BCUT2D eigenvalue weighted by Crippen LogP contribution is -2.13. The van der Waals surface area contributed by atoms with Crippen molar-refractivity contribution in [1.82, 2.24) is 4.98 Å². The van der Waals surface area contributed by atoms with E-state index in [4.69, 9.17) is 5.11 Å². The second-order valence-electron chi connectivity index (χ2n) is 3.25. The van der Waals surface area contributed by atoms with Gasteiger partial charge in [0, 0.05) is 20.3 Å². The van der Waals surface area contributed by atoms with Gasteiger partial charge in [0.1, 0.15) is 5.82 Å². The zero-order valence-corrected chi connectivity index (χ0v) is 8.61. The minimum Gasteiger partial charge on any atom is -0.478 e. The third-order valence-corrected chi connectivity index (χ3v) is 2.04. The Labute approximate surface area is 83.2 Å². The van der Waals surface area contributed by atoms with Gasteiger partial charge in [-0.05, 0) is 18.1 Å². The molecule has 0 aliphatic heterocycles. The highest BCUT2D eigenvalue weighted by Crippen LogP contribution is 2.15. The maximum atomic E-state index is 10.9. The zero-order valence-electron chi connectivity index (χ0n) is 8.61. The molecule has 0 saturated carbocycles. The molecule has 4 heteroatoms. The number of aromatic nitrogens is 1. The molecule has 0 unspecified atom stereocenters. The number of aromatic carboxylic acids is 1. The van der Waals surface area contributed by atoms with E-state index in [1.807, 2.05) is 21.0 Å². The summed E-state index contributed by atoms with van der Waals surface area (Å²) in [5.74, 6) is -0.230. The second kappa shape index (κ2) is 4.09. The predicted octanol–water partition coefficient (Wildman–Crippen LogP) is 1.41. The molecule has 1 aromatic rings. The molecule has 0 radical (unpaired) electrons. The first-order valence-corrected chi connectivity index (χ1v) is 4.45. The molecule has 0 atom stereocenters. The maximum absolute atomic E-state index is 10.9. The molecule has 1 heterocycles. The van der Waals surface area contributed by atoms with Crippen molar-refractivity contribution in [2.24, 2.45) is 0 Å². The monoisotopic (exact) mass is 194 g/mol. The first-order chi connectivity index (χ1) is 6.56. The smallest absolute Gasteiger partial charge is 0.336 e. The molecule has 0 saturated heterocycles. The van der Waals surface area contributed by atoms with Crippen LogP contribution in [0.15, 0.2) is 12.3 Å². The summed E-state index contributed by atoms with van der Waals surface area (Å²) in [5.41, 5.74) is 1.11. The van der Waals surface area contributed by atoms with Crippen LogP contribution in [0.1, 0.15) is 22.8 Å². The van der Waals surface area contributed by atoms with Crippen molar-refractivity contribution >= 4 is 11.8 Å². The van der Waals surface area contributed by atoms with Gasteiger partial charge >= 0.3 is 5.97 Å². The van der Waals surface area contributed by atoms with Crippen molar-refractivity contribution in [3.63, 3.8) is 0 Å². The molecule has 1 N–H and O–H groups in total. The van der Waals surface area contributed by atoms with E-state index in [1.54, 1.807) is 17.2 Å². The van der Waals surface area contributed by atoms with Gasteiger partial charge in [-0.3, -0.25) is 0 Å². The predicted molar refractivity (Wildman–Crippen MR) is 54.9 cm³/mol. The van der Waals surface area contributed by atoms with E-state index < -0.39 is 5.97 Å². The molecule has 1 rings (SSSR count). The van der Waals surface area contributed by atoms with E-state index in [0.717, 1.165) is 5.56 Å². The summed E-state index contributed by atoms with van der Waals surface area (Å²) < 4.78 is 0. The van der Waals surface area contributed by atoms with Crippen LogP contribution in [0.5, 0.6) is 0 Å². The number of carbonyl (C=O) groups is 1. The fourth-order valence-corrected chi connectivity index (χ4v) is 1.20. The van der Waals surface area contributed by atoms with Gasteiger partial charge in [0.15, 0.2) is 0 Å². The van der Waals surface area contributed by atoms with Crippen LogP contribution in [0.2, 0.25) is 0 Å². The number of carboxylic acids is 1. The highest BCUT2D eigenvalue weighted by Gasteiger charge is 2.11. The molecule has 0 aliphatic carbocycles. The third kappa shape index (κ3) is 2.02. The fraction of sp³-hybridized carbons (Fsp3) is 0.400. The Bertz CT molecular complexity index is 348. The summed E-state index contributed by atoms with van der Waals surface area (Å²) in [7, 11) is 3.67. The quantitative estimate of drug-likeness (QED) is 0.790. The SMILES string of the molecule is CCc1cnc(N(C)C)cc1C(=O)O. The van der Waals surface area contributed by atoms with E-state index in [2.05, 4.69) is 4.98 Å². The van der Waals surface area contributed by atoms with Crippen molar-refractivity contribution in [3.8, 4) is 0 Å². The molecule has 76 valence electrons. The lowest BCUT2D eigenvalue weighted by molar-refractivity contribution is 0.0695. The molecule has 4 nitrogen and oxygen atoms in total. The summed E-state index contributed by atoms with van der Waals surface area (Å²) in [4.78, 5) is 16.8. The van der Waals surface area contributed by atoms with E-state index in [0.29, 0.717) is 17.8 Å². The molecule has 1 aromatic heterocycles. The summed E-state index contributed by atoms with van der Waals surface area (Å²) in [6.07, 6.45) is 2.31. The van der Waals surface area contributed by atoms with Crippen molar-refractivity contribution in [1.29, 1.82) is 0 Å². The van der Waals surface area contributed by atoms with Crippen LogP contribution >= 0.6 is 0 Å². The molecule has 0 fully saturated rings. The highest BCUT2D eigenvalue weighted by atomic mass is 16.4. The molecule has 0 bridgehead atoms. The van der Waals surface area contributed by atoms with Crippen LogP contribution in [-0.2, 0) is 6.42 Å². The Morgan fingerprint density at radius 1 is 1.57 bits per heavy atom. The van der Waals surface area contributed by atoms with Crippen LogP contribution in [0.4, 0.5) is 5.82 Å². The maximum Gasteiger partial charge on any atom is 0.336 e. The Hall–Kier alpha value is -1.58. The van der Waals surface area contributed by atoms with Crippen LogP contribution < -0.4 is 4.90 Å². The fourth-order valence-electron chi connectivity index (χ4n) is 1.20. The summed E-state index contributed by atoms with van der Waals surface area (Å²) in [6, 6.07) is 1.60. The number of anilines is 1. The molecular weight excluding hydrogens is 180 g/mol. The minimum absolute atomic E-state index is 0.339.